The first kappa shape index (κ1) is 17.6. The van der Waals surface area contributed by atoms with E-state index in [1.54, 1.807) is 12.1 Å². The number of rotatable bonds is 4. The monoisotopic (exact) mass is 320 g/mol. The van der Waals surface area contributed by atoms with Gasteiger partial charge in [0.1, 0.15) is 11.4 Å². The van der Waals surface area contributed by atoms with Crippen molar-refractivity contribution < 1.29 is 14.6 Å². The molecule has 0 saturated heterocycles. The summed E-state index contributed by atoms with van der Waals surface area (Å²) in [6, 6.07) is 7.97. The zero-order valence-electron chi connectivity index (χ0n) is 14.4. The van der Waals surface area contributed by atoms with E-state index in [9.17, 15) is 9.90 Å². The number of carbonyl (C=O) groups excluding carboxylic acids is 1. The minimum Gasteiger partial charge on any atom is -0.508 e. The number of amides is 1. The van der Waals surface area contributed by atoms with Crippen molar-refractivity contribution in [3.05, 3.63) is 29.8 Å². The third-order valence-electron chi connectivity index (χ3n) is 4.01. The van der Waals surface area contributed by atoms with Crippen LogP contribution in [0.5, 0.6) is 5.75 Å². The average molecular weight is 320 g/mol. The van der Waals surface area contributed by atoms with Crippen LogP contribution in [0, 0.1) is 0 Å². The van der Waals surface area contributed by atoms with Gasteiger partial charge in [-0.1, -0.05) is 12.1 Å². The molecule has 2 rings (SSSR count). The van der Waals surface area contributed by atoms with Crippen LogP contribution in [-0.4, -0.2) is 28.9 Å². The van der Waals surface area contributed by atoms with Crippen LogP contribution in [0.3, 0.4) is 0 Å². The Morgan fingerprint density at radius 3 is 2.65 bits per heavy atom. The molecule has 1 fully saturated rings. The third kappa shape index (κ3) is 5.75. The smallest absolute Gasteiger partial charge is 0.407 e. The van der Waals surface area contributed by atoms with Crippen molar-refractivity contribution in [1.29, 1.82) is 0 Å². The summed E-state index contributed by atoms with van der Waals surface area (Å²) in [7, 11) is 0. The fourth-order valence-electron chi connectivity index (χ4n) is 2.98. The van der Waals surface area contributed by atoms with Crippen LogP contribution in [0.15, 0.2) is 24.3 Å². The predicted octanol–water partition coefficient (Wildman–Crippen LogP) is 3.49. The molecule has 0 bridgehead atoms. The molecular formula is C18H28N2O3. The van der Waals surface area contributed by atoms with E-state index in [0.717, 1.165) is 24.8 Å². The summed E-state index contributed by atoms with van der Waals surface area (Å²) < 4.78 is 5.30. The van der Waals surface area contributed by atoms with Crippen LogP contribution in [0.2, 0.25) is 0 Å². The molecule has 1 aliphatic carbocycles. The SMILES string of the molecule is CC(NC1CCC(NC(=O)OC(C)(C)C)C1)c1cccc(O)c1. The van der Waals surface area contributed by atoms with Crippen LogP contribution in [0.25, 0.3) is 0 Å². The molecule has 5 nitrogen and oxygen atoms in total. The second kappa shape index (κ2) is 7.21. The number of aromatic hydroxyl groups is 1. The van der Waals surface area contributed by atoms with E-state index in [0.29, 0.717) is 6.04 Å². The van der Waals surface area contributed by atoms with Crippen molar-refractivity contribution in [3.63, 3.8) is 0 Å². The van der Waals surface area contributed by atoms with Gasteiger partial charge < -0.3 is 20.5 Å². The first-order valence-electron chi connectivity index (χ1n) is 8.27. The molecule has 1 saturated carbocycles. The molecule has 0 spiro atoms. The highest BCUT2D eigenvalue weighted by atomic mass is 16.6. The van der Waals surface area contributed by atoms with Crippen molar-refractivity contribution in [2.75, 3.05) is 0 Å². The summed E-state index contributed by atoms with van der Waals surface area (Å²) in [5, 5.41) is 16.1. The number of nitrogens with one attached hydrogen (secondary N) is 2. The van der Waals surface area contributed by atoms with Gasteiger partial charge in [0.2, 0.25) is 0 Å². The first-order chi connectivity index (χ1) is 10.7. The standard InChI is InChI=1S/C18H28N2O3/c1-12(13-6-5-7-16(21)10-13)19-14-8-9-15(11-14)20-17(22)23-18(2,3)4/h5-7,10,12,14-15,19,21H,8-9,11H2,1-4H3,(H,20,22). The van der Waals surface area contributed by atoms with Crippen molar-refractivity contribution in [2.24, 2.45) is 0 Å². The fraction of sp³-hybridized carbons (Fsp3) is 0.611. The van der Waals surface area contributed by atoms with Crippen LogP contribution in [0.1, 0.15) is 58.6 Å². The van der Waals surface area contributed by atoms with Gasteiger partial charge in [0.25, 0.3) is 0 Å². The molecule has 5 heteroatoms. The summed E-state index contributed by atoms with van der Waals surface area (Å²) in [5.41, 5.74) is 0.595. The number of carbonyl (C=O) groups is 1. The van der Waals surface area contributed by atoms with Crippen LogP contribution >= 0.6 is 0 Å². The Kier molecular flexibility index (Phi) is 5.52. The quantitative estimate of drug-likeness (QED) is 0.794. The minimum atomic E-state index is -0.468. The van der Waals surface area contributed by atoms with Crippen molar-refractivity contribution >= 4 is 6.09 Å². The number of hydrogen-bond donors (Lipinski definition) is 3. The summed E-state index contributed by atoms with van der Waals surface area (Å²) >= 11 is 0. The first-order valence-corrected chi connectivity index (χ1v) is 8.27. The lowest BCUT2D eigenvalue weighted by atomic mass is 10.1. The van der Waals surface area contributed by atoms with Gasteiger partial charge in [-0.25, -0.2) is 4.79 Å². The lowest BCUT2D eigenvalue weighted by Crippen LogP contribution is -2.39. The zero-order valence-corrected chi connectivity index (χ0v) is 14.4. The third-order valence-corrected chi connectivity index (χ3v) is 4.01. The molecule has 1 aromatic carbocycles. The van der Waals surface area contributed by atoms with E-state index in [2.05, 4.69) is 17.6 Å². The predicted molar refractivity (Wildman–Crippen MR) is 90.5 cm³/mol. The number of phenols is 1. The van der Waals surface area contributed by atoms with Gasteiger partial charge in [0.15, 0.2) is 0 Å². The van der Waals surface area contributed by atoms with Gasteiger partial charge in [-0.2, -0.15) is 0 Å². The Hall–Kier alpha value is -1.75. The molecule has 1 amide bonds. The fourth-order valence-corrected chi connectivity index (χ4v) is 2.98. The van der Waals surface area contributed by atoms with E-state index in [-0.39, 0.29) is 23.9 Å². The molecule has 0 radical (unpaired) electrons. The van der Waals surface area contributed by atoms with E-state index < -0.39 is 5.60 Å². The molecule has 3 unspecified atom stereocenters. The average Bonchev–Trinajstić information content (AvgIpc) is 2.83. The van der Waals surface area contributed by atoms with Gasteiger partial charge in [-0.05, 0) is 64.7 Å². The molecular weight excluding hydrogens is 292 g/mol. The Bertz CT molecular complexity index is 539. The van der Waals surface area contributed by atoms with E-state index in [1.165, 1.54) is 0 Å². The maximum atomic E-state index is 11.8. The van der Waals surface area contributed by atoms with Crippen molar-refractivity contribution in [1.82, 2.24) is 10.6 Å². The summed E-state index contributed by atoms with van der Waals surface area (Å²) in [4.78, 5) is 11.8. The van der Waals surface area contributed by atoms with Gasteiger partial charge >= 0.3 is 6.09 Å². The Labute approximate surface area is 138 Å². The molecule has 0 aliphatic heterocycles. The second-order valence-electron chi connectivity index (χ2n) is 7.34. The Morgan fingerprint density at radius 2 is 2.00 bits per heavy atom. The summed E-state index contributed by atoms with van der Waals surface area (Å²) in [6.07, 6.45) is 2.51. The molecule has 0 heterocycles. The lowest BCUT2D eigenvalue weighted by Gasteiger charge is -2.22. The minimum absolute atomic E-state index is 0.152. The van der Waals surface area contributed by atoms with Gasteiger partial charge in [0, 0.05) is 18.1 Å². The lowest BCUT2D eigenvalue weighted by molar-refractivity contribution is 0.0505. The highest BCUT2D eigenvalue weighted by Crippen LogP contribution is 2.24. The van der Waals surface area contributed by atoms with E-state index in [1.807, 2.05) is 32.9 Å². The number of benzene rings is 1. The Balaban J connectivity index is 1.80. The van der Waals surface area contributed by atoms with Crippen LogP contribution in [0.4, 0.5) is 4.79 Å². The molecule has 1 aliphatic rings. The molecule has 0 aromatic heterocycles. The van der Waals surface area contributed by atoms with Crippen LogP contribution in [-0.2, 0) is 4.74 Å². The van der Waals surface area contributed by atoms with Gasteiger partial charge in [0.05, 0.1) is 0 Å². The largest absolute Gasteiger partial charge is 0.508 e. The Morgan fingerprint density at radius 1 is 1.30 bits per heavy atom. The van der Waals surface area contributed by atoms with Crippen molar-refractivity contribution in [2.45, 2.75) is 70.7 Å². The second-order valence-corrected chi connectivity index (χ2v) is 7.34. The zero-order chi connectivity index (χ0) is 17.0. The molecule has 3 atom stereocenters. The van der Waals surface area contributed by atoms with E-state index >= 15 is 0 Å². The maximum Gasteiger partial charge on any atom is 0.407 e. The number of alkyl carbamates (subject to hydrolysis) is 1. The molecule has 3 N–H and O–H groups in total. The van der Waals surface area contributed by atoms with Crippen LogP contribution < -0.4 is 10.6 Å². The van der Waals surface area contributed by atoms with Gasteiger partial charge in [-0.15, -0.1) is 0 Å². The molecule has 23 heavy (non-hydrogen) atoms. The summed E-state index contributed by atoms with van der Waals surface area (Å²) in [5.74, 6) is 0.284. The number of ether oxygens (including phenoxy) is 1. The molecule has 1 aromatic rings. The van der Waals surface area contributed by atoms with Gasteiger partial charge in [-0.3, -0.25) is 0 Å². The molecule has 128 valence electrons. The topological polar surface area (TPSA) is 70.6 Å². The highest BCUT2D eigenvalue weighted by molar-refractivity contribution is 5.68. The number of hydrogen-bond acceptors (Lipinski definition) is 4. The maximum absolute atomic E-state index is 11.8. The van der Waals surface area contributed by atoms with E-state index in [4.69, 9.17) is 4.74 Å². The number of phenolic OH excluding ortho intramolecular Hbond substituents is 1. The normalized spacial score (nSPS) is 22.6. The highest BCUT2D eigenvalue weighted by Gasteiger charge is 2.28. The van der Waals surface area contributed by atoms with Crippen molar-refractivity contribution in [3.8, 4) is 5.75 Å². The summed E-state index contributed by atoms with van der Waals surface area (Å²) in [6.45, 7) is 7.68.